The van der Waals surface area contributed by atoms with Gasteiger partial charge in [0.25, 0.3) is 11.6 Å². The number of ether oxygens (including phenoxy) is 2. The summed E-state index contributed by atoms with van der Waals surface area (Å²) in [6.07, 6.45) is 1.94. The lowest BCUT2D eigenvalue weighted by molar-refractivity contribution is -0.384. The molecule has 0 aliphatic rings. The molecule has 8 heteroatoms. The second-order valence-electron chi connectivity index (χ2n) is 5.64. The van der Waals surface area contributed by atoms with Crippen LogP contribution in [0.5, 0.6) is 5.75 Å². The van der Waals surface area contributed by atoms with Crippen LogP contribution < -0.4 is 10.1 Å². The number of anilines is 1. The van der Waals surface area contributed by atoms with Crippen LogP contribution in [0.1, 0.15) is 22.8 Å². The average Bonchev–Trinajstić information content (AvgIpc) is 2.67. The number of nitrogens with one attached hydrogen (secondary N) is 1. The lowest BCUT2D eigenvalue weighted by atomic mass is 10.1. The van der Waals surface area contributed by atoms with Crippen LogP contribution in [-0.2, 0) is 16.0 Å². The summed E-state index contributed by atoms with van der Waals surface area (Å²) in [6.45, 7) is 5.19. The van der Waals surface area contributed by atoms with Crippen molar-refractivity contribution in [3.05, 3.63) is 76.4 Å². The SMILES string of the molecule is C=CCc1cc([N+](=O)[O-])ccc1OCC(=O)Nc1ccccc1C(=O)OCC. The summed E-state index contributed by atoms with van der Waals surface area (Å²) >= 11 is 0. The lowest BCUT2D eigenvalue weighted by Gasteiger charge is -2.12. The van der Waals surface area contributed by atoms with Crippen LogP contribution in [0.25, 0.3) is 0 Å². The first-order valence-corrected chi connectivity index (χ1v) is 8.53. The first-order chi connectivity index (χ1) is 13.5. The number of amides is 1. The van der Waals surface area contributed by atoms with Crippen molar-refractivity contribution in [1.29, 1.82) is 0 Å². The van der Waals surface area contributed by atoms with Gasteiger partial charge in [-0.2, -0.15) is 0 Å². The molecular formula is C20H20N2O6. The van der Waals surface area contributed by atoms with Crippen molar-refractivity contribution in [3.63, 3.8) is 0 Å². The Morgan fingerprint density at radius 1 is 1.25 bits per heavy atom. The molecule has 28 heavy (non-hydrogen) atoms. The smallest absolute Gasteiger partial charge is 0.340 e. The van der Waals surface area contributed by atoms with Crippen molar-refractivity contribution in [2.75, 3.05) is 18.5 Å². The van der Waals surface area contributed by atoms with Crippen molar-refractivity contribution < 1.29 is 24.0 Å². The van der Waals surface area contributed by atoms with Gasteiger partial charge >= 0.3 is 5.97 Å². The number of non-ortho nitro benzene ring substituents is 1. The molecule has 2 aromatic rings. The average molecular weight is 384 g/mol. The molecule has 0 unspecified atom stereocenters. The predicted molar refractivity (Wildman–Crippen MR) is 104 cm³/mol. The fourth-order valence-electron chi connectivity index (χ4n) is 2.44. The van der Waals surface area contributed by atoms with Crippen molar-refractivity contribution >= 4 is 23.3 Å². The van der Waals surface area contributed by atoms with E-state index in [0.29, 0.717) is 23.4 Å². The Morgan fingerprint density at radius 2 is 2.00 bits per heavy atom. The number of allylic oxidation sites excluding steroid dienone is 1. The van der Waals surface area contributed by atoms with Gasteiger partial charge in [0, 0.05) is 17.7 Å². The zero-order valence-corrected chi connectivity index (χ0v) is 15.3. The Bertz CT molecular complexity index is 894. The third kappa shape index (κ3) is 5.41. The van der Waals surface area contributed by atoms with Crippen molar-refractivity contribution in [2.24, 2.45) is 0 Å². The molecule has 0 saturated carbocycles. The molecule has 0 aliphatic heterocycles. The van der Waals surface area contributed by atoms with Gasteiger partial charge in [-0.1, -0.05) is 18.2 Å². The van der Waals surface area contributed by atoms with Crippen LogP contribution in [0.3, 0.4) is 0 Å². The summed E-state index contributed by atoms with van der Waals surface area (Å²) in [5.41, 5.74) is 1.02. The van der Waals surface area contributed by atoms with Crippen molar-refractivity contribution in [1.82, 2.24) is 0 Å². The third-order valence-corrected chi connectivity index (χ3v) is 3.67. The Hall–Kier alpha value is -3.68. The van der Waals surface area contributed by atoms with Crippen LogP contribution in [-0.4, -0.2) is 30.0 Å². The first-order valence-electron chi connectivity index (χ1n) is 8.53. The number of para-hydroxylation sites is 1. The van der Waals surface area contributed by atoms with Gasteiger partial charge in [0.15, 0.2) is 6.61 Å². The third-order valence-electron chi connectivity index (χ3n) is 3.67. The zero-order valence-electron chi connectivity index (χ0n) is 15.3. The molecule has 0 saturated heterocycles. The number of esters is 1. The number of rotatable bonds is 9. The molecule has 2 aromatic carbocycles. The van der Waals surface area contributed by atoms with Crippen LogP contribution >= 0.6 is 0 Å². The van der Waals surface area contributed by atoms with Crippen LogP contribution in [0, 0.1) is 10.1 Å². The van der Waals surface area contributed by atoms with Gasteiger partial charge in [0.2, 0.25) is 0 Å². The molecule has 1 N–H and O–H groups in total. The van der Waals surface area contributed by atoms with E-state index < -0.39 is 16.8 Å². The quantitative estimate of drug-likeness (QED) is 0.307. The van der Waals surface area contributed by atoms with E-state index in [1.54, 1.807) is 37.3 Å². The zero-order chi connectivity index (χ0) is 20.5. The predicted octanol–water partition coefficient (Wildman–Crippen LogP) is 3.52. The van der Waals surface area contributed by atoms with Gasteiger partial charge in [0.1, 0.15) is 5.75 Å². The van der Waals surface area contributed by atoms with Gasteiger partial charge in [-0.3, -0.25) is 14.9 Å². The number of nitrogens with zero attached hydrogens (tertiary/aromatic N) is 1. The molecule has 0 aromatic heterocycles. The molecule has 0 heterocycles. The minimum Gasteiger partial charge on any atom is -0.483 e. The summed E-state index contributed by atoms with van der Waals surface area (Å²) in [6, 6.07) is 10.6. The van der Waals surface area contributed by atoms with Crippen molar-refractivity contribution in [2.45, 2.75) is 13.3 Å². The molecule has 1 amide bonds. The maximum absolute atomic E-state index is 12.2. The summed E-state index contributed by atoms with van der Waals surface area (Å²) in [5.74, 6) is -0.679. The molecule has 0 radical (unpaired) electrons. The minimum atomic E-state index is -0.539. The van der Waals surface area contributed by atoms with Gasteiger partial charge in [0.05, 0.1) is 22.8 Å². The second-order valence-corrected chi connectivity index (χ2v) is 5.64. The summed E-state index contributed by atoms with van der Waals surface area (Å²) in [5, 5.41) is 13.5. The number of hydrogen-bond acceptors (Lipinski definition) is 6. The van der Waals surface area contributed by atoms with E-state index >= 15 is 0 Å². The molecule has 0 atom stereocenters. The number of nitro benzene ring substituents is 1. The van der Waals surface area contributed by atoms with E-state index in [2.05, 4.69) is 11.9 Å². The van der Waals surface area contributed by atoms with Gasteiger partial charge in [-0.25, -0.2) is 4.79 Å². The highest BCUT2D eigenvalue weighted by Crippen LogP contribution is 2.25. The molecule has 0 bridgehead atoms. The highest BCUT2D eigenvalue weighted by Gasteiger charge is 2.15. The first kappa shape index (κ1) is 20.6. The summed E-state index contributed by atoms with van der Waals surface area (Å²) in [7, 11) is 0. The number of carbonyl (C=O) groups excluding carboxylic acids is 2. The normalized spacial score (nSPS) is 10.0. The highest BCUT2D eigenvalue weighted by molar-refractivity contribution is 6.01. The molecule has 8 nitrogen and oxygen atoms in total. The number of benzene rings is 2. The van der Waals surface area contributed by atoms with E-state index in [9.17, 15) is 19.7 Å². The van der Waals surface area contributed by atoms with E-state index in [1.807, 2.05) is 0 Å². The maximum Gasteiger partial charge on any atom is 0.340 e. The Morgan fingerprint density at radius 3 is 2.68 bits per heavy atom. The van der Waals surface area contributed by atoms with Crippen LogP contribution in [0.4, 0.5) is 11.4 Å². The number of hydrogen-bond donors (Lipinski definition) is 1. The topological polar surface area (TPSA) is 108 Å². The summed E-state index contributed by atoms with van der Waals surface area (Å²) in [4.78, 5) is 34.6. The van der Waals surface area contributed by atoms with E-state index in [0.717, 1.165) is 0 Å². The fourth-order valence-corrected chi connectivity index (χ4v) is 2.44. The Kier molecular flexibility index (Phi) is 7.27. The Labute approximate surface area is 161 Å². The van der Waals surface area contributed by atoms with Gasteiger partial charge < -0.3 is 14.8 Å². The molecule has 0 spiro atoms. The van der Waals surface area contributed by atoms with Gasteiger partial charge in [-0.15, -0.1) is 6.58 Å². The number of carbonyl (C=O) groups is 2. The molecule has 0 fully saturated rings. The second kappa shape index (κ2) is 9.86. The monoisotopic (exact) mass is 384 g/mol. The lowest BCUT2D eigenvalue weighted by Crippen LogP contribution is -2.22. The molecular weight excluding hydrogens is 364 g/mol. The van der Waals surface area contributed by atoms with E-state index in [4.69, 9.17) is 9.47 Å². The summed E-state index contributed by atoms with van der Waals surface area (Å²) < 4.78 is 10.5. The fraction of sp³-hybridized carbons (Fsp3) is 0.200. The molecule has 146 valence electrons. The minimum absolute atomic E-state index is 0.0722. The van der Waals surface area contributed by atoms with Crippen molar-refractivity contribution in [3.8, 4) is 5.75 Å². The largest absolute Gasteiger partial charge is 0.483 e. The van der Waals surface area contributed by atoms with E-state index in [-0.39, 0.29) is 24.5 Å². The Balaban J connectivity index is 2.08. The number of nitro groups is 1. The highest BCUT2D eigenvalue weighted by atomic mass is 16.6. The maximum atomic E-state index is 12.2. The van der Waals surface area contributed by atoms with Crippen LogP contribution in [0.2, 0.25) is 0 Å². The molecule has 2 rings (SSSR count). The van der Waals surface area contributed by atoms with E-state index in [1.165, 1.54) is 18.2 Å². The van der Waals surface area contributed by atoms with Gasteiger partial charge in [-0.05, 0) is 31.5 Å². The van der Waals surface area contributed by atoms with Crippen LogP contribution in [0.15, 0.2) is 55.1 Å². The standard InChI is InChI=1S/C20H20N2O6/c1-3-7-14-12-15(22(25)26)10-11-18(14)28-13-19(23)21-17-9-6-5-8-16(17)20(24)27-4-2/h3,5-6,8-12H,1,4,7,13H2,2H3,(H,21,23). The molecule has 0 aliphatic carbocycles.